The molecular formula is C22H32FN5. The highest BCUT2D eigenvalue weighted by molar-refractivity contribution is 5.48. The minimum Gasteiger partial charge on any atom is -0.367 e. The summed E-state index contributed by atoms with van der Waals surface area (Å²) in [5.41, 5.74) is 3.25. The van der Waals surface area contributed by atoms with Crippen LogP contribution in [0, 0.1) is 12.7 Å². The maximum Gasteiger partial charge on any atom is 0.146 e. The number of anilines is 1. The van der Waals surface area contributed by atoms with E-state index in [1.165, 1.54) is 24.9 Å². The summed E-state index contributed by atoms with van der Waals surface area (Å²) in [6.07, 6.45) is 4.72. The van der Waals surface area contributed by atoms with E-state index in [4.69, 9.17) is 0 Å². The fourth-order valence-electron chi connectivity index (χ4n) is 4.63. The SMILES string of the molecule is CCn1cc(CN2CCC[C@@H](N3CCN(c4ccccc4F)CC3)C2)c(C)n1. The second-order valence-electron chi connectivity index (χ2n) is 8.10. The molecular weight excluding hydrogens is 353 g/mol. The molecule has 0 saturated carbocycles. The molecule has 2 aliphatic rings. The Bertz CT molecular complexity index is 781. The van der Waals surface area contributed by atoms with Crippen LogP contribution in [0.5, 0.6) is 0 Å². The van der Waals surface area contributed by atoms with Crippen molar-refractivity contribution in [3.05, 3.63) is 47.5 Å². The molecule has 0 bridgehead atoms. The van der Waals surface area contributed by atoms with E-state index >= 15 is 0 Å². The number of halogens is 1. The lowest BCUT2D eigenvalue weighted by Crippen LogP contribution is -2.55. The maximum atomic E-state index is 14.1. The van der Waals surface area contributed by atoms with Gasteiger partial charge < -0.3 is 4.90 Å². The van der Waals surface area contributed by atoms with Gasteiger partial charge in [0, 0.05) is 63.6 Å². The Hall–Kier alpha value is -1.92. The second kappa shape index (κ2) is 8.62. The number of likely N-dealkylation sites (tertiary alicyclic amines) is 1. The molecule has 28 heavy (non-hydrogen) atoms. The first-order valence-corrected chi connectivity index (χ1v) is 10.6. The molecule has 5 nitrogen and oxygen atoms in total. The second-order valence-corrected chi connectivity index (χ2v) is 8.10. The molecule has 0 unspecified atom stereocenters. The first kappa shape index (κ1) is 19.4. The molecule has 3 heterocycles. The maximum absolute atomic E-state index is 14.1. The van der Waals surface area contributed by atoms with E-state index in [-0.39, 0.29) is 5.82 Å². The van der Waals surface area contributed by atoms with Crippen molar-refractivity contribution in [2.24, 2.45) is 0 Å². The summed E-state index contributed by atoms with van der Waals surface area (Å²) in [4.78, 5) is 7.39. The van der Waals surface area contributed by atoms with Gasteiger partial charge in [-0.05, 0) is 45.4 Å². The Balaban J connectivity index is 1.33. The number of hydrogen-bond acceptors (Lipinski definition) is 4. The summed E-state index contributed by atoms with van der Waals surface area (Å²) in [5, 5.41) is 4.59. The van der Waals surface area contributed by atoms with Crippen molar-refractivity contribution >= 4 is 5.69 Å². The summed E-state index contributed by atoms with van der Waals surface area (Å²) >= 11 is 0. The van der Waals surface area contributed by atoms with Crippen LogP contribution in [0.2, 0.25) is 0 Å². The van der Waals surface area contributed by atoms with Crippen LogP contribution in [-0.4, -0.2) is 64.9 Å². The van der Waals surface area contributed by atoms with Crippen molar-refractivity contribution in [3.8, 4) is 0 Å². The lowest BCUT2D eigenvalue weighted by Gasteiger charge is -2.44. The zero-order chi connectivity index (χ0) is 19.5. The molecule has 0 spiro atoms. The third-order valence-corrected chi connectivity index (χ3v) is 6.27. The minimum absolute atomic E-state index is 0.109. The predicted octanol–water partition coefficient (Wildman–Crippen LogP) is 3.14. The van der Waals surface area contributed by atoms with Gasteiger partial charge in [-0.25, -0.2) is 4.39 Å². The van der Waals surface area contributed by atoms with Gasteiger partial charge in [-0.1, -0.05) is 12.1 Å². The molecule has 0 N–H and O–H groups in total. The van der Waals surface area contributed by atoms with E-state index in [0.29, 0.717) is 6.04 Å². The molecule has 2 aromatic rings. The smallest absolute Gasteiger partial charge is 0.146 e. The molecule has 6 heteroatoms. The Labute approximate surface area is 167 Å². The number of benzene rings is 1. The van der Waals surface area contributed by atoms with Gasteiger partial charge >= 0.3 is 0 Å². The quantitative estimate of drug-likeness (QED) is 0.790. The number of para-hydroxylation sites is 1. The monoisotopic (exact) mass is 385 g/mol. The number of piperazine rings is 1. The summed E-state index contributed by atoms with van der Waals surface area (Å²) in [7, 11) is 0. The average molecular weight is 386 g/mol. The van der Waals surface area contributed by atoms with E-state index < -0.39 is 0 Å². The van der Waals surface area contributed by atoms with E-state index in [2.05, 4.69) is 39.8 Å². The summed E-state index contributed by atoms with van der Waals surface area (Å²) in [6.45, 7) is 12.3. The normalized spacial score (nSPS) is 22.0. The standard InChI is InChI=1S/C22H32FN5/c1-3-28-16-19(18(2)24-28)15-25-10-6-7-20(17-25)26-11-13-27(14-12-26)22-9-5-4-8-21(22)23/h4-5,8-9,16,20H,3,6-7,10-15,17H2,1-2H3/t20-/m1/s1. The molecule has 152 valence electrons. The topological polar surface area (TPSA) is 27.5 Å². The first-order chi connectivity index (χ1) is 13.6. The van der Waals surface area contributed by atoms with Crippen molar-refractivity contribution in [2.75, 3.05) is 44.2 Å². The van der Waals surface area contributed by atoms with Crippen LogP contribution in [0.25, 0.3) is 0 Å². The fourth-order valence-corrected chi connectivity index (χ4v) is 4.63. The van der Waals surface area contributed by atoms with Crippen LogP contribution >= 0.6 is 0 Å². The number of nitrogens with zero attached hydrogens (tertiary/aromatic N) is 5. The molecule has 1 atom stereocenters. The Morgan fingerprint density at radius 2 is 1.89 bits per heavy atom. The van der Waals surface area contributed by atoms with Crippen LogP contribution in [0.3, 0.4) is 0 Å². The molecule has 2 fully saturated rings. The lowest BCUT2D eigenvalue weighted by molar-refractivity contribution is 0.0885. The summed E-state index contributed by atoms with van der Waals surface area (Å²) < 4.78 is 16.1. The van der Waals surface area contributed by atoms with E-state index in [9.17, 15) is 4.39 Å². The molecule has 4 rings (SSSR count). The van der Waals surface area contributed by atoms with Crippen molar-refractivity contribution in [2.45, 2.75) is 45.8 Å². The zero-order valence-corrected chi connectivity index (χ0v) is 17.1. The van der Waals surface area contributed by atoms with E-state index in [1.807, 2.05) is 16.8 Å². The third-order valence-electron chi connectivity index (χ3n) is 6.27. The van der Waals surface area contributed by atoms with Gasteiger partial charge in [0.2, 0.25) is 0 Å². The average Bonchev–Trinajstić information content (AvgIpc) is 3.08. The van der Waals surface area contributed by atoms with Crippen LogP contribution < -0.4 is 4.90 Å². The van der Waals surface area contributed by atoms with Crippen LogP contribution in [0.4, 0.5) is 10.1 Å². The van der Waals surface area contributed by atoms with Crippen LogP contribution in [-0.2, 0) is 13.1 Å². The van der Waals surface area contributed by atoms with Gasteiger partial charge in [-0.3, -0.25) is 14.5 Å². The largest absolute Gasteiger partial charge is 0.367 e. The molecule has 0 aliphatic carbocycles. The highest BCUT2D eigenvalue weighted by Gasteiger charge is 2.29. The van der Waals surface area contributed by atoms with Crippen LogP contribution in [0.15, 0.2) is 30.5 Å². The summed E-state index contributed by atoms with van der Waals surface area (Å²) in [5.74, 6) is -0.109. The zero-order valence-electron chi connectivity index (χ0n) is 17.1. The Morgan fingerprint density at radius 1 is 1.11 bits per heavy atom. The van der Waals surface area contributed by atoms with Crippen molar-refractivity contribution in [3.63, 3.8) is 0 Å². The van der Waals surface area contributed by atoms with Crippen molar-refractivity contribution in [1.82, 2.24) is 19.6 Å². The number of rotatable bonds is 5. The van der Waals surface area contributed by atoms with Gasteiger partial charge in [-0.15, -0.1) is 0 Å². The van der Waals surface area contributed by atoms with E-state index in [0.717, 1.165) is 57.2 Å². The molecule has 2 aliphatic heterocycles. The van der Waals surface area contributed by atoms with E-state index in [1.54, 1.807) is 12.1 Å². The van der Waals surface area contributed by atoms with Gasteiger partial charge in [0.1, 0.15) is 5.82 Å². The lowest BCUT2D eigenvalue weighted by atomic mass is 10.0. The third kappa shape index (κ3) is 4.23. The summed E-state index contributed by atoms with van der Waals surface area (Å²) in [6, 6.07) is 7.75. The molecule has 1 aromatic carbocycles. The number of aromatic nitrogens is 2. The fraction of sp³-hybridized carbons (Fsp3) is 0.591. The van der Waals surface area contributed by atoms with Crippen molar-refractivity contribution in [1.29, 1.82) is 0 Å². The number of aryl methyl sites for hydroxylation is 2. The van der Waals surface area contributed by atoms with Crippen molar-refractivity contribution < 1.29 is 4.39 Å². The molecule has 1 aromatic heterocycles. The Kier molecular flexibility index (Phi) is 5.97. The van der Waals surface area contributed by atoms with Crippen LogP contribution in [0.1, 0.15) is 31.0 Å². The van der Waals surface area contributed by atoms with Gasteiger partial charge in [-0.2, -0.15) is 5.10 Å². The minimum atomic E-state index is -0.109. The number of hydrogen-bond donors (Lipinski definition) is 0. The number of piperidine rings is 1. The van der Waals surface area contributed by atoms with Gasteiger partial charge in [0.05, 0.1) is 11.4 Å². The van der Waals surface area contributed by atoms with Gasteiger partial charge in [0.25, 0.3) is 0 Å². The Morgan fingerprint density at radius 3 is 2.61 bits per heavy atom. The molecule has 0 radical (unpaired) electrons. The predicted molar refractivity (Wildman–Crippen MR) is 111 cm³/mol. The highest BCUT2D eigenvalue weighted by atomic mass is 19.1. The molecule has 0 amide bonds. The highest BCUT2D eigenvalue weighted by Crippen LogP contribution is 2.24. The molecule has 2 saturated heterocycles. The first-order valence-electron chi connectivity index (χ1n) is 10.6. The van der Waals surface area contributed by atoms with Gasteiger partial charge in [0.15, 0.2) is 0 Å².